The molecule has 38 heavy (non-hydrogen) atoms. The smallest absolute Gasteiger partial charge is 0.268 e. The van der Waals surface area contributed by atoms with Crippen molar-refractivity contribution in [2.24, 2.45) is 5.92 Å². The minimum Gasteiger partial charge on any atom is -0.497 e. The highest BCUT2D eigenvalue weighted by Gasteiger charge is 2.60. The average molecular weight is 516 g/mol. The summed E-state index contributed by atoms with van der Waals surface area (Å²) in [6.07, 6.45) is 0. The van der Waals surface area contributed by atoms with Crippen molar-refractivity contribution in [3.8, 4) is 17.2 Å². The van der Waals surface area contributed by atoms with E-state index in [4.69, 9.17) is 14.2 Å². The van der Waals surface area contributed by atoms with Crippen LogP contribution in [0.25, 0.3) is 0 Å². The van der Waals surface area contributed by atoms with Crippen LogP contribution in [0.1, 0.15) is 34.5 Å². The number of hydrogen-bond donors (Lipinski definition) is 1. The maximum atomic E-state index is 13.9. The van der Waals surface area contributed by atoms with Gasteiger partial charge in [0.2, 0.25) is 5.91 Å². The standard InChI is InChI=1S/C29H29N3O6/c1-5-38-20-12-10-19(11-13-20)31-28(34)24-25(22-16-21(36-3)14-15-23(22)37-4)30-32(26(24)29(31)35)27(33)18-8-6-17(2)7-9-18/h6-16,24-26,30H,5H2,1-4H3/t24-,25-,26+/m1/s1. The fourth-order valence-corrected chi connectivity index (χ4v) is 5.06. The minimum absolute atomic E-state index is 0.403. The molecule has 0 unspecified atom stereocenters. The Morgan fingerprint density at radius 2 is 1.58 bits per heavy atom. The number of carbonyl (C=O) groups is 3. The van der Waals surface area contributed by atoms with Crippen LogP contribution in [-0.4, -0.2) is 49.6 Å². The Kier molecular flexibility index (Phi) is 6.77. The zero-order valence-corrected chi connectivity index (χ0v) is 21.6. The van der Waals surface area contributed by atoms with Crippen molar-refractivity contribution in [3.63, 3.8) is 0 Å². The number of fused-ring (bicyclic) bond motifs is 1. The zero-order valence-electron chi connectivity index (χ0n) is 21.6. The van der Waals surface area contributed by atoms with Gasteiger partial charge in [0.1, 0.15) is 23.3 Å². The van der Waals surface area contributed by atoms with Gasteiger partial charge in [-0.1, -0.05) is 17.7 Å². The van der Waals surface area contributed by atoms with E-state index in [2.05, 4.69) is 5.43 Å². The van der Waals surface area contributed by atoms with Crippen LogP contribution in [-0.2, 0) is 9.59 Å². The number of rotatable bonds is 7. The molecule has 3 aromatic rings. The third-order valence-corrected chi connectivity index (χ3v) is 6.93. The van der Waals surface area contributed by atoms with Crippen molar-refractivity contribution in [1.29, 1.82) is 0 Å². The van der Waals surface area contributed by atoms with Crippen molar-refractivity contribution >= 4 is 23.4 Å². The number of hydrazine groups is 1. The van der Waals surface area contributed by atoms with Gasteiger partial charge in [-0.05, 0) is 68.4 Å². The highest BCUT2D eigenvalue weighted by Crippen LogP contribution is 2.45. The number of imide groups is 1. The molecule has 1 N–H and O–H groups in total. The van der Waals surface area contributed by atoms with Gasteiger partial charge in [-0.25, -0.2) is 10.3 Å². The van der Waals surface area contributed by atoms with Crippen molar-refractivity contribution in [2.45, 2.75) is 25.9 Å². The van der Waals surface area contributed by atoms with Crippen LogP contribution in [0.3, 0.4) is 0 Å². The summed E-state index contributed by atoms with van der Waals surface area (Å²) in [5.74, 6) is -0.489. The Hall–Kier alpha value is -4.37. The van der Waals surface area contributed by atoms with E-state index in [1.807, 2.05) is 26.0 Å². The van der Waals surface area contributed by atoms with Gasteiger partial charge in [-0.15, -0.1) is 0 Å². The Bertz CT molecular complexity index is 1370. The van der Waals surface area contributed by atoms with Crippen molar-refractivity contribution in [3.05, 3.63) is 83.4 Å². The van der Waals surface area contributed by atoms with Crippen LogP contribution in [0.2, 0.25) is 0 Å². The van der Waals surface area contributed by atoms with Crippen LogP contribution in [0.5, 0.6) is 17.2 Å². The molecule has 9 heteroatoms. The number of anilines is 1. The van der Waals surface area contributed by atoms with Gasteiger partial charge < -0.3 is 14.2 Å². The topological polar surface area (TPSA) is 97.4 Å². The monoisotopic (exact) mass is 515 g/mol. The number of nitrogens with one attached hydrogen (secondary N) is 1. The quantitative estimate of drug-likeness (QED) is 0.480. The van der Waals surface area contributed by atoms with E-state index >= 15 is 0 Å². The molecule has 0 radical (unpaired) electrons. The predicted octanol–water partition coefficient (Wildman–Crippen LogP) is 3.67. The summed E-state index contributed by atoms with van der Waals surface area (Å²) in [6, 6.07) is 17.3. The Labute approximate surface area is 220 Å². The highest BCUT2D eigenvalue weighted by atomic mass is 16.5. The lowest BCUT2D eigenvalue weighted by molar-refractivity contribution is -0.123. The van der Waals surface area contributed by atoms with Crippen LogP contribution in [0.4, 0.5) is 5.69 Å². The molecule has 3 atom stereocenters. The van der Waals surface area contributed by atoms with E-state index in [0.717, 1.165) is 10.5 Å². The molecular formula is C29H29N3O6. The maximum absolute atomic E-state index is 13.9. The second-order valence-corrected chi connectivity index (χ2v) is 9.17. The van der Waals surface area contributed by atoms with Crippen LogP contribution < -0.4 is 24.5 Å². The van der Waals surface area contributed by atoms with Gasteiger partial charge in [-0.2, -0.15) is 0 Å². The van der Waals surface area contributed by atoms with Gasteiger partial charge in [0.25, 0.3) is 11.8 Å². The lowest BCUT2D eigenvalue weighted by Gasteiger charge is -2.26. The van der Waals surface area contributed by atoms with E-state index in [9.17, 15) is 14.4 Å². The lowest BCUT2D eigenvalue weighted by atomic mass is 9.90. The SMILES string of the molecule is CCOc1ccc(N2C(=O)[C@@H]3[C@@H](c4cc(OC)ccc4OC)NN(C(=O)c4ccc(C)cc4)[C@@H]3C2=O)cc1. The number of ether oxygens (including phenoxy) is 3. The van der Waals surface area contributed by atoms with E-state index < -0.39 is 35.7 Å². The second-order valence-electron chi connectivity index (χ2n) is 9.17. The molecule has 3 amide bonds. The number of nitrogens with zero attached hydrogens (tertiary/aromatic N) is 2. The number of hydrogen-bond acceptors (Lipinski definition) is 7. The number of benzene rings is 3. The molecule has 196 valence electrons. The molecule has 0 saturated carbocycles. The molecule has 2 aliphatic rings. The first-order valence-corrected chi connectivity index (χ1v) is 12.4. The number of aryl methyl sites for hydroxylation is 1. The number of amides is 3. The Morgan fingerprint density at radius 3 is 2.21 bits per heavy atom. The fourth-order valence-electron chi connectivity index (χ4n) is 5.06. The van der Waals surface area contributed by atoms with Crippen LogP contribution in [0.15, 0.2) is 66.7 Å². The molecule has 3 aromatic carbocycles. The fraction of sp³-hybridized carbons (Fsp3) is 0.276. The lowest BCUT2D eigenvalue weighted by Crippen LogP contribution is -2.48. The molecule has 0 bridgehead atoms. The highest BCUT2D eigenvalue weighted by molar-refractivity contribution is 6.25. The summed E-state index contributed by atoms with van der Waals surface area (Å²) in [4.78, 5) is 42.6. The first-order valence-electron chi connectivity index (χ1n) is 12.4. The van der Waals surface area contributed by atoms with Gasteiger partial charge >= 0.3 is 0 Å². The summed E-state index contributed by atoms with van der Waals surface area (Å²) >= 11 is 0. The average Bonchev–Trinajstić information content (AvgIpc) is 3.45. The normalized spacial score (nSPS) is 20.5. The van der Waals surface area contributed by atoms with E-state index in [1.165, 1.54) is 12.1 Å². The van der Waals surface area contributed by atoms with Crippen LogP contribution >= 0.6 is 0 Å². The van der Waals surface area contributed by atoms with E-state index in [0.29, 0.717) is 40.7 Å². The van der Waals surface area contributed by atoms with Gasteiger partial charge in [0.05, 0.1) is 38.5 Å². The third kappa shape index (κ3) is 4.24. The molecule has 0 aliphatic carbocycles. The molecule has 2 aliphatic heterocycles. The maximum Gasteiger partial charge on any atom is 0.268 e. The first-order chi connectivity index (χ1) is 18.4. The third-order valence-electron chi connectivity index (χ3n) is 6.93. The zero-order chi connectivity index (χ0) is 27.0. The number of methoxy groups -OCH3 is 2. The Balaban J connectivity index is 1.59. The second kappa shape index (κ2) is 10.2. The molecule has 0 aromatic heterocycles. The summed E-state index contributed by atoms with van der Waals surface area (Å²) < 4.78 is 16.5. The van der Waals surface area contributed by atoms with Crippen LogP contribution in [0, 0.1) is 12.8 Å². The minimum atomic E-state index is -1.05. The van der Waals surface area contributed by atoms with E-state index in [-0.39, 0.29) is 0 Å². The predicted molar refractivity (Wildman–Crippen MR) is 140 cm³/mol. The summed E-state index contributed by atoms with van der Waals surface area (Å²) in [6.45, 7) is 4.30. The van der Waals surface area contributed by atoms with Gasteiger partial charge in [0.15, 0.2) is 0 Å². The summed E-state index contributed by atoms with van der Waals surface area (Å²) in [5, 5.41) is 1.29. The molecule has 2 fully saturated rings. The molecule has 5 rings (SSSR count). The Morgan fingerprint density at radius 1 is 0.895 bits per heavy atom. The van der Waals surface area contributed by atoms with Crippen molar-refractivity contribution in [2.75, 3.05) is 25.7 Å². The molecule has 9 nitrogen and oxygen atoms in total. The number of carbonyl (C=O) groups excluding carboxylic acids is 3. The molecule has 0 spiro atoms. The first kappa shape index (κ1) is 25.3. The van der Waals surface area contributed by atoms with E-state index in [1.54, 1.807) is 61.7 Å². The van der Waals surface area contributed by atoms with Crippen molar-refractivity contribution < 1.29 is 28.6 Å². The summed E-state index contributed by atoms with van der Waals surface area (Å²) in [5.41, 5.74) is 5.59. The molecule has 2 heterocycles. The molecule has 2 saturated heterocycles. The molecular weight excluding hydrogens is 486 g/mol. The largest absolute Gasteiger partial charge is 0.497 e. The van der Waals surface area contributed by atoms with Crippen molar-refractivity contribution in [1.82, 2.24) is 10.4 Å². The summed E-state index contributed by atoms with van der Waals surface area (Å²) in [7, 11) is 3.07. The van der Waals surface area contributed by atoms with Gasteiger partial charge in [-0.3, -0.25) is 19.4 Å². The van der Waals surface area contributed by atoms with Gasteiger partial charge in [0, 0.05) is 11.1 Å².